The van der Waals surface area contributed by atoms with E-state index in [0.29, 0.717) is 23.1 Å². The second-order valence-electron chi connectivity index (χ2n) is 4.19. The fourth-order valence-corrected chi connectivity index (χ4v) is 1.61. The Morgan fingerprint density at radius 3 is 2.44 bits per heavy atom. The van der Waals surface area contributed by atoms with Crippen molar-refractivity contribution >= 4 is 29.6 Å². The molecule has 1 aromatic heterocycles. The lowest BCUT2D eigenvalue weighted by molar-refractivity contribution is 0.839. The molecule has 2 N–H and O–H groups in total. The van der Waals surface area contributed by atoms with E-state index in [-0.39, 0.29) is 0 Å². The molecule has 0 amide bonds. The van der Waals surface area contributed by atoms with Crippen LogP contribution in [0.5, 0.6) is 0 Å². The molecule has 1 atom stereocenters. The van der Waals surface area contributed by atoms with Gasteiger partial charge in [0.1, 0.15) is 0 Å². The average molecular weight is 270 g/mol. The molecule has 0 aliphatic heterocycles. The van der Waals surface area contributed by atoms with Crippen molar-refractivity contribution in [1.82, 2.24) is 15.0 Å². The minimum Gasteiger partial charge on any atom is -0.357 e. The Morgan fingerprint density at radius 2 is 1.89 bits per heavy atom. The van der Waals surface area contributed by atoms with Crippen molar-refractivity contribution in [3.8, 4) is 0 Å². The molecule has 0 spiro atoms. The van der Waals surface area contributed by atoms with Gasteiger partial charge in [-0.3, -0.25) is 0 Å². The van der Waals surface area contributed by atoms with E-state index in [4.69, 9.17) is 0 Å². The fourth-order valence-electron chi connectivity index (χ4n) is 1.26. The average Bonchev–Trinajstić information content (AvgIpc) is 2.37. The van der Waals surface area contributed by atoms with Gasteiger partial charge < -0.3 is 15.5 Å². The Hall–Kier alpha value is -1.24. The van der Waals surface area contributed by atoms with Gasteiger partial charge in [-0.15, -0.1) is 0 Å². The summed E-state index contributed by atoms with van der Waals surface area (Å²) >= 11 is 1.86. The van der Waals surface area contributed by atoms with Crippen LogP contribution in [0.1, 0.15) is 13.3 Å². The van der Waals surface area contributed by atoms with Gasteiger partial charge >= 0.3 is 0 Å². The summed E-state index contributed by atoms with van der Waals surface area (Å²) in [5, 5.41) is 6.81. The van der Waals surface area contributed by atoms with Gasteiger partial charge in [0.15, 0.2) is 0 Å². The third-order valence-corrected chi connectivity index (χ3v) is 3.52. The summed E-state index contributed by atoms with van der Waals surface area (Å²) in [7, 11) is 5.62. The number of rotatable bonds is 7. The van der Waals surface area contributed by atoms with Crippen LogP contribution >= 0.6 is 11.8 Å². The summed E-state index contributed by atoms with van der Waals surface area (Å²) in [6, 6.07) is 0. The van der Waals surface area contributed by atoms with Gasteiger partial charge in [-0.1, -0.05) is 6.92 Å². The molecule has 1 heterocycles. The Morgan fingerprint density at radius 1 is 1.22 bits per heavy atom. The summed E-state index contributed by atoms with van der Waals surface area (Å²) in [5.74, 6) is 1.84. The van der Waals surface area contributed by atoms with Gasteiger partial charge in [0.2, 0.25) is 17.8 Å². The first kappa shape index (κ1) is 14.8. The normalized spacial score (nSPS) is 12.1. The lowest BCUT2D eigenvalue weighted by Crippen LogP contribution is -2.17. The number of thioether (sulfide) groups is 1. The van der Waals surface area contributed by atoms with Crippen LogP contribution in [0, 0.1) is 0 Å². The van der Waals surface area contributed by atoms with E-state index in [1.807, 2.05) is 30.8 Å². The van der Waals surface area contributed by atoms with Crippen LogP contribution in [-0.4, -0.2) is 54.1 Å². The van der Waals surface area contributed by atoms with Crippen molar-refractivity contribution < 1.29 is 0 Å². The van der Waals surface area contributed by atoms with Crippen LogP contribution in [0.15, 0.2) is 0 Å². The zero-order valence-corrected chi connectivity index (χ0v) is 12.5. The molecule has 18 heavy (non-hydrogen) atoms. The van der Waals surface area contributed by atoms with Crippen LogP contribution in [0.2, 0.25) is 0 Å². The highest BCUT2D eigenvalue weighted by Crippen LogP contribution is 2.12. The topological polar surface area (TPSA) is 66.0 Å². The highest BCUT2D eigenvalue weighted by molar-refractivity contribution is 7.99. The fraction of sp³-hybridized carbons (Fsp3) is 0.727. The summed E-state index contributed by atoms with van der Waals surface area (Å²) in [4.78, 5) is 14.7. The maximum absolute atomic E-state index is 4.35. The summed E-state index contributed by atoms with van der Waals surface area (Å²) in [6.07, 6.45) is 3.20. The van der Waals surface area contributed by atoms with Gasteiger partial charge in [-0.2, -0.15) is 26.7 Å². The minimum atomic E-state index is 0.578. The van der Waals surface area contributed by atoms with Gasteiger partial charge in [0.25, 0.3) is 0 Å². The number of nitrogens with one attached hydrogen (secondary N) is 2. The van der Waals surface area contributed by atoms with Crippen LogP contribution in [0.3, 0.4) is 0 Å². The van der Waals surface area contributed by atoms with E-state index >= 15 is 0 Å². The lowest BCUT2D eigenvalue weighted by Gasteiger charge is -2.14. The SMILES string of the molecule is CNc1nc(NCCC(C)SC)nc(N(C)C)n1. The van der Waals surface area contributed by atoms with E-state index in [1.54, 1.807) is 7.05 Å². The Bertz CT molecular complexity index is 371. The van der Waals surface area contributed by atoms with E-state index in [1.165, 1.54) is 0 Å². The standard InChI is InChI=1S/C11H22N6S/c1-8(18-5)6-7-13-10-14-9(12-2)15-11(16-10)17(3)4/h8H,6-7H2,1-5H3,(H2,12,13,14,15,16). The third kappa shape index (κ3) is 4.56. The molecular weight excluding hydrogens is 248 g/mol. The molecule has 0 saturated heterocycles. The van der Waals surface area contributed by atoms with Crippen LogP contribution in [0.25, 0.3) is 0 Å². The highest BCUT2D eigenvalue weighted by atomic mass is 32.2. The monoisotopic (exact) mass is 270 g/mol. The zero-order valence-electron chi connectivity index (χ0n) is 11.7. The van der Waals surface area contributed by atoms with Crippen molar-refractivity contribution in [2.24, 2.45) is 0 Å². The number of aromatic nitrogens is 3. The van der Waals surface area contributed by atoms with Crippen molar-refractivity contribution in [3.05, 3.63) is 0 Å². The predicted molar refractivity (Wildman–Crippen MR) is 79.8 cm³/mol. The Labute approximate surface area is 113 Å². The summed E-state index contributed by atoms with van der Waals surface area (Å²) in [6.45, 7) is 3.08. The number of hydrogen-bond acceptors (Lipinski definition) is 7. The first-order chi connectivity index (χ1) is 8.56. The van der Waals surface area contributed by atoms with Crippen molar-refractivity contribution in [2.75, 3.05) is 49.5 Å². The predicted octanol–water partition coefficient (Wildman–Crippen LogP) is 1.53. The zero-order chi connectivity index (χ0) is 13.5. The molecule has 0 aliphatic carbocycles. The van der Waals surface area contributed by atoms with E-state index in [9.17, 15) is 0 Å². The van der Waals surface area contributed by atoms with Gasteiger partial charge in [-0.05, 0) is 12.7 Å². The molecule has 0 aromatic carbocycles. The molecule has 0 bridgehead atoms. The number of anilines is 3. The maximum Gasteiger partial charge on any atom is 0.231 e. The molecule has 0 aliphatic rings. The van der Waals surface area contributed by atoms with Crippen molar-refractivity contribution in [3.63, 3.8) is 0 Å². The van der Waals surface area contributed by atoms with Crippen LogP contribution in [0.4, 0.5) is 17.8 Å². The molecule has 0 saturated carbocycles. The van der Waals surface area contributed by atoms with Crippen LogP contribution in [-0.2, 0) is 0 Å². The molecule has 102 valence electrons. The molecule has 1 unspecified atom stereocenters. The second-order valence-corrected chi connectivity index (χ2v) is 5.46. The second kappa shape index (κ2) is 7.25. The number of nitrogens with zero attached hydrogens (tertiary/aromatic N) is 4. The Kier molecular flexibility index (Phi) is 5.97. The number of hydrogen-bond donors (Lipinski definition) is 2. The highest BCUT2D eigenvalue weighted by Gasteiger charge is 2.07. The first-order valence-electron chi connectivity index (χ1n) is 5.94. The Balaban J connectivity index is 2.66. The first-order valence-corrected chi connectivity index (χ1v) is 7.23. The molecule has 6 nitrogen and oxygen atoms in total. The van der Waals surface area contributed by atoms with Crippen molar-refractivity contribution in [1.29, 1.82) is 0 Å². The molecule has 0 radical (unpaired) electrons. The summed E-state index contributed by atoms with van der Waals surface area (Å²) in [5.41, 5.74) is 0. The van der Waals surface area contributed by atoms with Crippen LogP contribution < -0.4 is 15.5 Å². The van der Waals surface area contributed by atoms with Gasteiger partial charge in [-0.25, -0.2) is 0 Å². The molecule has 7 heteroatoms. The smallest absolute Gasteiger partial charge is 0.231 e. The van der Waals surface area contributed by atoms with Gasteiger partial charge in [0.05, 0.1) is 0 Å². The van der Waals surface area contributed by atoms with E-state index in [2.05, 4.69) is 38.8 Å². The largest absolute Gasteiger partial charge is 0.357 e. The molecule has 1 rings (SSSR count). The quantitative estimate of drug-likeness (QED) is 0.779. The molecular formula is C11H22N6S. The third-order valence-electron chi connectivity index (χ3n) is 2.48. The minimum absolute atomic E-state index is 0.578. The van der Waals surface area contributed by atoms with E-state index in [0.717, 1.165) is 13.0 Å². The van der Waals surface area contributed by atoms with Gasteiger partial charge in [0, 0.05) is 32.9 Å². The summed E-state index contributed by atoms with van der Waals surface area (Å²) < 4.78 is 0. The molecule has 1 aromatic rings. The molecule has 0 fully saturated rings. The van der Waals surface area contributed by atoms with E-state index < -0.39 is 0 Å². The van der Waals surface area contributed by atoms with Crippen molar-refractivity contribution in [2.45, 2.75) is 18.6 Å². The maximum atomic E-state index is 4.35. The lowest BCUT2D eigenvalue weighted by atomic mass is 10.3.